The summed E-state index contributed by atoms with van der Waals surface area (Å²) in [4.78, 5) is 41.5. The van der Waals surface area contributed by atoms with Gasteiger partial charge in [-0.3, -0.25) is 19.0 Å². The Kier molecular flexibility index (Phi) is 5.88. The maximum absolute atomic E-state index is 13.5. The first-order valence-corrected chi connectivity index (χ1v) is 9.42. The van der Waals surface area contributed by atoms with E-state index in [1.165, 1.54) is 17.7 Å². The summed E-state index contributed by atoms with van der Waals surface area (Å²) in [6.45, 7) is 4.03. The predicted octanol–water partition coefficient (Wildman–Crippen LogP) is 1.03. The van der Waals surface area contributed by atoms with E-state index in [1.54, 1.807) is 13.8 Å². The Morgan fingerprint density at radius 2 is 2.07 bits per heavy atom. The number of aromatic nitrogens is 2. The average Bonchev–Trinajstić information content (AvgIpc) is 2.86. The fraction of sp³-hybridized carbons (Fsp3) is 0.400. The number of carbonyl (C=O) groups excluding carboxylic acids is 2. The molecule has 0 unspecified atom stereocenters. The monoisotopic (exact) mass is 418 g/mol. The number of fused-ring (bicyclic) bond motifs is 1. The number of nitrogens with one attached hydrogen (secondary N) is 2. The summed E-state index contributed by atoms with van der Waals surface area (Å²) >= 11 is 0. The number of aromatic hydroxyl groups is 1. The Bertz CT molecular complexity index is 1060. The molecule has 2 heterocycles. The van der Waals surface area contributed by atoms with Gasteiger partial charge in [-0.1, -0.05) is 6.07 Å². The van der Waals surface area contributed by atoms with Crippen molar-refractivity contribution >= 4 is 11.8 Å². The second-order valence-electron chi connectivity index (χ2n) is 7.37. The molecule has 160 valence electrons. The van der Waals surface area contributed by atoms with E-state index in [0.29, 0.717) is 25.1 Å². The van der Waals surface area contributed by atoms with Crippen LogP contribution >= 0.6 is 0 Å². The van der Waals surface area contributed by atoms with E-state index in [-0.39, 0.29) is 17.9 Å². The Hall–Kier alpha value is -3.27. The standard InChI is InChI=1S/C20H23FN4O5/c1-20(2)19-24-14(15(26)18(29)25(19)7-4-8-30-20)17(28)23-10-11-5-6-12(21)9-13(11)16(27)22-3/h5-6,9,26H,4,7-8,10H2,1-3H3,(H,22,27)(H,23,28). The number of amides is 2. The van der Waals surface area contributed by atoms with E-state index in [2.05, 4.69) is 15.6 Å². The predicted molar refractivity (Wildman–Crippen MR) is 105 cm³/mol. The van der Waals surface area contributed by atoms with Gasteiger partial charge in [-0.25, -0.2) is 9.37 Å². The number of carbonyl (C=O) groups is 2. The zero-order valence-corrected chi connectivity index (χ0v) is 16.9. The van der Waals surface area contributed by atoms with Gasteiger partial charge in [0.1, 0.15) is 17.2 Å². The first-order chi connectivity index (χ1) is 14.2. The summed E-state index contributed by atoms with van der Waals surface area (Å²) in [6, 6.07) is 3.60. The van der Waals surface area contributed by atoms with Crippen molar-refractivity contribution in [1.82, 2.24) is 20.2 Å². The molecule has 0 atom stereocenters. The molecule has 0 saturated carbocycles. The third-order valence-electron chi connectivity index (χ3n) is 4.87. The van der Waals surface area contributed by atoms with E-state index in [9.17, 15) is 23.9 Å². The van der Waals surface area contributed by atoms with Crippen LogP contribution in [-0.2, 0) is 23.4 Å². The molecular formula is C20H23FN4O5. The number of hydrogen-bond donors (Lipinski definition) is 3. The summed E-state index contributed by atoms with van der Waals surface area (Å²) in [6.07, 6.45) is 0.565. The van der Waals surface area contributed by atoms with Crippen LogP contribution in [0.2, 0.25) is 0 Å². The maximum Gasteiger partial charge on any atom is 0.296 e. The molecule has 1 aromatic heterocycles. The molecule has 3 N–H and O–H groups in total. The minimum atomic E-state index is -0.929. The first-order valence-electron chi connectivity index (χ1n) is 9.42. The normalized spacial score (nSPS) is 15.1. The van der Waals surface area contributed by atoms with Crippen LogP contribution in [0.1, 0.15) is 52.5 Å². The van der Waals surface area contributed by atoms with Crippen molar-refractivity contribution in [2.45, 2.75) is 39.0 Å². The summed E-state index contributed by atoms with van der Waals surface area (Å²) in [5.74, 6) is -2.44. The van der Waals surface area contributed by atoms with Crippen LogP contribution in [0.25, 0.3) is 0 Å². The van der Waals surface area contributed by atoms with Crippen LogP contribution in [0, 0.1) is 5.82 Å². The molecule has 0 spiro atoms. The SMILES string of the molecule is CNC(=O)c1cc(F)ccc1CNC(=O)c1nc2n(c(=O)c1O)CCCOC2(C)C. The second-order valence-corrected chi connectivity index (χ2v) is 7.37. The molecule has 30 heavy (non-hydrogen) atoms. The van der Waals surface area contributed by atoms with E-state index in [1.807, 2.05) is 0 Å². The van der Waals surface area contributed by atoms with Crippen molar-refractivity contribution in [2.24, 2.45) is 0 Å². The van der Waals surface area contributed by atoms with Crippen molar-refractivity contribution < 1.29 is 23.8 Å². The molecule has 1 aromatic carbocycles. The van der Waals surface area contributed by atoms with Crippen molar-refractivity contribution in [3.63, 3.8) is 0 Å². The Balaban J connectivity index is 1.92. The van der Waals surface area contributed by atoms with Gasteiger partial charge >= 0.3 is 0 Å². The minimum Gasteiger partial charge on any atom is -0.501 e. The van der Waals surface area contributed by atoms with Crippen molar-refractivity contribution in [1.29, 1.82) is 0 Å². The molecule has 2 amide bonds. The molecular weight excluding hydrogens is 395 g/mol. The molecule has 0 radical (unpaired) electrons. The van der Waals surface area contributed by atoms with Crippen LogP contribution in [0.5, 0.6) is 5.75 Å². The van der Waals surface area contributed by atoms with Gasteiger partial charge in [-0.2, -0.15) is 0 Å². The van der Waals surface area contributed by atoms with E-state index >= 15 is 0 Å². The van der Waals surface area contributed by atoms with E-state index in [4.69, 9.17) is 4.74 Å². The molecule has 2 aromatic rings. The quantitative estimate of drug-likeness (QED) is 0.682. The van der Waals surface area contributed by atoms with Crippen LogP contribution in [0.15, 0.2) is 23.0 Å². The minimum absolute atomic E-state index is 0.0616. The lowest BCUT2D eigenvalue weighted by Crippen LogP contribution is -2.36. The highest BCUT2D eigenvalue weighted by molar-refractivity contribution is 5.96. The zero-order valence-electron chi connectivity index (χ0n) is 16.9. The lowest BCUT2D eigenvalue weighted by molar-refractivity contribution is -0.0227. The van der Waals surface area contributed by atoms with Gasteiger partial charge in [-0.05, 0) is 38.0 Å². The smallest absolute Gasteiger partial charge is 0.296 e. The third kappa shape index (κ3) is 4.04. The maximum atomic E-state index is 13.5. The van der Waals surface area contributed by atoms with E-state index < -0.39 is 40.2 Å². The van der Waals surface area contributed by atoms with Gasteiger partial charge in [0.25, 0.3) is 17.4 Å². The molecule has 0 bridgehead atoms. The lowest BCUT2D eigenvalue weighted by Gasteiger charge is -2.24. The highest BCUT2D eigenvalue weighted by atomic mass is 19.1. The topological polar surface area (TPSA) is 123 Å². The molecule has 1 aliphatic heterocycles. The van der Waals surface area contributed by atoms with Crippen LogP contribution in [0.4, 0.5) is 4.39 Å². The van der Waals surface area contributed by atoms with Gasteiger partial charge in [-0.15, -0.1) is 0 Å². The molecule has 0 fully saturated rings. The number of benzene rings is 1. The van der Waals surface area contributed by atoms with Crippen LogP contribution in [-0.4, -0.2) is 40.1 Å². The highest BCUT2D eigenvalue weighted by Gasteiger charge is 2.33. The number of nitrogens with zero attached hydrogens (tertiary/aromatic N) is 2. The summed E-state index contributed by atoms with van der Waals surface area (Å²) in [7, 11) is 1.41. The van der Waals surface area contributed by atoms with Crippen molar-refractivity contribution in [3.05, 3.63) is 57.0 Å². The summed E-state index contributed by atoms with van der Waals surface area (Å²) < 4.78 is 20.5. The molecule has 1 aliphatic rings. The van der Waals surface area contributed by atoms with Crippen LogP contribution in [0.3, 0.4) is 0 Å². The second kappa shape index (κ2) is 8.23. The molecule has 0 saturated heterocycles. The number of ether oxygens (including phenoxy) is 1. The number of halogens is 1. The Morgan fingerprint density at radius 3 is 2.77 bits per heavy atom. The van der Waals surface area contributed by atoms with Gasteiger partial charge in [0.2, 0.25) is 5.75 Å². The summed E-state index contributed by atoms with van der Waals surface area (Å²) in [5.41, 5.74) is -1.67. The third-order valence-corrected chi connectivity index (χ3v) is 4.87. The Morgan fingerprint density at radius 1 is 1.33 bits per heavy atom. The summed E-state index contributed by atoms with van der Waals surface area (Å²) in [5, 5.41) is 15.2. The fourth-order valence-corrected chi connectivity index (χ4v) is 3.29. The molecule has 0 aliphatic carbocycles. The number of hydrogen-bond acceptors (Lipinski definition) is 6. The van der Waals surface area contributed by atoms with Gasteiger partial charge < -0.3 is 20.5 Å². The lowest BCUT2D eigenvalue weighted by atomic mass is 10.1. The fourth-order valence-electron chi connectivity index (χ4n) is 3.29. The van der Waals surface area contributed by atoms with Gasteiger partial charge in [0, 0.05) is 32.3 Å². The first kappa shape index (κ1) is 21.4. The van der Waals surface area contributed by atoms with Crippen LogP contribution < -0.4 is 16.2 Å². The van der Waals surface area contributed by atoms with Gasteiger partial charge in [0.15, 0.2) is 5.69 Å². The molecule has 3 rings (SSSR count). The molecule has 10 heteroatoms. The number of rotatable bonds is 4. The van der Waals surface area contributed by atoms with Crippen molar-refractivity contribution in [2.75, 3.05) is 13.7 Å². The van der Waals surface area contributed by atoms with Crippen molar-refractivity contribution in [3.8, 4) is 5.75 Å². The largest absolute Gasteiger partial charge is 0.501 e. The van der Waals surface area contributed by atoms with E-state index in [0.717, 1.165) is 12.1 Å². The Labute approximate surface area is 171 Å². The van der Waals surface area contributed by atoms with Gasteiger partial charge in [0.05, 0.1) is 0 Å². The highest BCUT2D eigenvalue weighted by Crippen LogP contribution is 2.27. The molecule has 9 nitrogen and oxygen atoms in total. The zero-order chi connectivity index (χ0) is 22.1. The average molecular weight is 418 g/mol.